The van der Waals surface area contributed by atoms with E-state index in [2.05, 4.69) is 4.72 Å². The molecule has 24 heavy (non-hydrogen) atoms. The Morgan fingerprint density at radius 3 is 2.29 bits per heavy atom. The van der Waals surface area contributed by atoms with Gasteiger partial charge in [0.25, 0.3) is 0 Å². The summed E-state index contributed by atoms with van der Waals surface area (Å²) in [5.41, 5.74) is 0.910. The average molecular weight is 351 g/mol. The van der Waals surface area contributed by atoms with Gasteiger partial charge in [0.1, 0.15) is 11.3 Å². The fraction of sp³-hybridized carbons (Fsp3) is 0.250. The lowest BCUT2D eigenvalue weighted by Gasteiger charge is -2.12. The Morgan fingerprint density at radius 2 is 1.79 bits per heavy atom. The van der Waals surface area contributed by atoms with E-state index < -0.39 is 27.9 Å². The molecule has 0 saturated carbocycles. The molecule has 0 aliphatic carbocycles. The Balaban J connectivity index is 2.05. The SMILES string of the molecule is Cc1occc1C(=O)O[C@H](C)C(=O)c1ccc(NS(C)(=O)=O)cc1. The van der Waals surface area contributed by atoms with E-state index in [0.29, 0.717) is 17.0 Å². The van der Waals surface area contributed by atoms with Crippen molar-refractivity contribution in [1.82, 2.24) is 0 Å². The van der Waals surface area contributed by atoms with E-state index in [0.717, 1.165) is 6.26 Å². The van der Waals surface area contributed by atoms with Gasteiger partial charge in [-0.1, -0.05) is 0 Å². The molecule has 0 saturated heterocycles. The summed E-state index contributed by atoms with van der Waals surface area (Å²) in [6, 6.07) is 7.32. The van der Waals surface area contributed by atoms with Crippen LogP contribution in [0, 0.1) is 6.92 Å². The predicted octanol–water partition coefficient (Wildman–Crippen LogP) is 2.39. The van der Waals surface area contributed by atoms with Gasteiger partial charge >= 0.3 is 5.97 Å². The Bertz CT molecular complexity index is 851. The smallest absolute Gasteiger partial charge is 0.342 e. The molecule has 1 heterocycles. The van der Waals surface area contributed by atoms with Crippen LogP contribution in [0.1, 0.15) is 33.4 Å². The quantitative estimate of drug-likeness (QED) is 0.633. The zero-order valence-corrected chi connectivity index (χ0v) is 14.2. The molecule has 128 valence electrons. The fourth-order valence-electron chi connectivity index (χ4n) is 2.03. The molecule has 7 nitrogen and oxygen atoms in total. The molecule has 2 aromatic rings. The molecule has 1 aromatic carbocycles. The topological polar surface area (TPSA) is 103 Å². The van der Waals surface area contributed by atoms with Gasteiger partial charge in [0, 0.05) is 11.3 Å². The first-order valence-corrected chi connectivity index (χ1v) is 8.93. The molecule has 0 radical (unpaired) electrons. The van der Waals surface area contributed by atoms with E-state index in [-0.39, 0.29) is 5.56 Å². The largest absolute Gasteiger partial charge is 0.469 e. The number of aryl methyl sites for hydroxylation is 1. The van der Waals surface area contributed by atoms with Gasteiger partial charge in [0.05, 0.1) is 12.5 Å². The molecule has 0 aliphatic heterocycles. The van der Waals surface area contributed by atoms with Crippen molar-refractivity contribution in [3.05, 3.63) is 53.5 Å². The van der Waals surface area contributed by atoms with E-state index in [1.807, 2.05) is 0 Å². The normalized spacial score (nSPS) is 12.5. The van der Waals surface area contributed by atoms with Crippen molar-refractivity contribution in [3.63, 3.8) is 0 Å². The Hall–Kier alpha value is -2.61. The van der Waals surface area contributed by atoms with Gasteiger partial charge in [-0.2, -0.15) is 0 Å². The van der Waals surface area contributed by atoms with Crippen LogP contribution >= 0.6 is 0 Å². The monoisotopic (exact) mass is 351 g/mol. The molecule has 0 unspecified atom stereocenters. The zero-order chi connectivity index (χ0) is 17.9. The van der Waals surface area contributed by atoms with Crippen LogP contribution in [0.4, 0.5) is 5.69 Å². The Kier molecular flexibility index (Phi) is 5.08. The molecule has 2 rings (SSSR count). The van der Waals surface area contributed by atoms with Crippen molar-refractivity contribution in [2.75, 3.05) is 11.0 Å². The van der Waals surface area contributed by atoms with Crippen molar-refractivity contribution in [2.24, 2.45) is 0 Å². The number of benzene rings is 1. The van der Waals surface area contributed by atoms with Gasteiger partial charge in [-0.25, -0.2) is 13.2 Å². The zero-order valence-electron chi connectivity index (χ0n) is 13.4. The van der Waals surface area contributed by atoms with Crippen molar-refractivity contribution in [3.8, 4) is 0 Å². The van der Waals surface area contributed by atoms with E-state index in [9.17, 15) is 18.0 Å². The molecule has 8 heteroatoms. The maximum absolute atomic E-state index is 12.3. The second-order valence-electron chi connectivity index (χ2n) is 5.25. The molecule has 0 bridgehead atoms. The predicted molar refractivity (Wildman–Crippen MR) is 87.6 cm³/mol. The Labute approximate surface area is 139 Å². The third-order valence-corrected chi connectivity index (χ3v) is 3.81. The van der Waals surface area contributed by atoms with Gasteiger partial charge in [-0.3, -0.25) is 9.52 Å². The van der Waals surface area contributed by atoms with E-state index in [1.165, 1.54) is 43.5 Å². The number of sulfonamides is 1. The third kappa shape index (κ3) is 4.45. The molecule has 1 N–H and O–H groups in total. The number of Topliss-reactive ketones (excluding diaryl/α,β-unsaturated/α-hetero) is 1. The van der Waals surface area contributed by atoms with Crippen LogP contribution in [0.2, 0.25) is 0 Å². The lowest BCUT2D eigenvalue weighted by Crippen LogP contribution is -2.24. The van der Waals surface area contributed by atoms with Crippen LogP contribution in [-0.4, -0.2) is 32.5 Å². The number of anilines is 1. The molecular weight excluding hydrogens is 334 g/mol. The Morgan fingerprint density at radius 1 is 1.17 bits per heavy atom. The highest BCUT2D eigenvalue weighted by Crippen LogP contribution is 2.16. The number of ether oxygens (including phenoxy) is 1. The summed E-state index contributed by atoms with van der Waals surface area (Å²) in [6.07, 6.45) is 1.41. The molecule has 0 aliphatic rings. The average Bonchev–Trinajstić information content (AvgIpc) is 2.92. The first-order valence-electron chi connectivity index (χ1n) is 7.04. The molecule has 1 aromatic heterocycles. The lowest BCUT2D eigenvalue weighted by atomic mass is 10.1. The number of carbonyl (C=O) groups is 2. The second kappa shape index (κ2) is 6.88. The number of nitrogens with one attached hydrogen (secondary N) is 1. The summed E-state index contributed by atoms with van der Waals surface area (Å²) in [5, 5.41) is 0. The van der Waals surface area contributed by atoms with Crippen LogP contribution in [0.15, 0.2) is 41.0 Å². The highest BCUT2D eigenvalue weighted by atomic mass is 32.2. The highest BCUT2D eigenvalue weighted by Gasteiger charge is 2.22. The van der Waals surface area contributed by atoms with E-state index in [1.54, 1.807) is 6.92 Å². The summed E-state index contributed by atoms with van der Waals surface area (Å²) in [6.45, 7) is 3.09. The van der Waals surface area contributed by atoms with Crippen LogP contribution in [0.3, 0.4) is 0 Å². The molecular formula is C16H17NO6S. The molecule has 0 spiro atoms. The summed E-state index contributed by atoms with van der Waals surface area (Å²) in [4.78, 5) is 24.3. The molecule has 0 fully saturated rings. The number of furan rings is 1. The minimum atomic E-state index is -3.38. The molecule has 0 amide bonds. The summed E-state index contributed by atoms with van der Waals surface area (Å²) < 4.78 is 34.8. The van der Waals surface area contributed by atoms with Crippen molar-refractivity contribution < 1.29 is 27.2 Å². The number of esters is 1. The van der Waals surface area contributed by atoms with Crippen LogP contribution in [0.25, 0.3) is 0 Å². The van der Waals surface area contributed by atoms with Crippen LogP contribution < -0.4 is 4.72 Å². The number of rotatable bonds is 6. The number of carbonyl (C=O) groups excluding carboxylic acids is 2. The van der Waals surface area contributed by atoms with Gasteiger partial charge < -0.3 is 9.15 Å². The molecule has 1 atom stereocenters. The number of hydrogen-bond donors (Lipinski definition) is 1. The summed E-state index contributed by atoms with van der Waals surface area (Å²) in [7, 11) is -3.38. The number of hydrogen-bond acceptors (Lipinski definition) is 6. The van der Waals surface area contributed by atoms with Crippen molar-refractivity contribution in [1.29, 1.82) is 0 Å². The maximum atomic E-state index is 12.3. The van der Waals surface area contributed by atoms with Gasteiger partial charge in [-0.15, -0.1) is 0 Å². The highest BCUT2D eigenvalue weighted by molar-refractivity contribution is 7.92. The minimum absolute atomic E-state index is 0.266. The first kappa shape index (κ1) is 17.7. The van der Waals surface area contributed by atoms with E-state index in [4.69, 9.17) is 9.15 Å². The van der Waals surface area contributed by atoms with Gasteiger partial charge in [0.15, 0.2) is 6.10 Å². The van der Waals surface area contributed by atoms with Gasteiger partial charge in [-0.05, 0) is 44.2 Å². The fourth-order valence-corrected chi connectivity index (χ4v) is 2.59. The lowest BCUT2D eigenvalue weighted by molar-refractivity contribution is 0.0317. The third-order valence-electron chi connectivity index (χ3n) is 3.20. The number of ketones is 1. The summed E-state index contributed by atoms with van der Waals surface area (Å²) in [5.74, 6) is -0.622. The van der Waals surface area contributed by atoms with Crippen LogP contribution in [0.5, 0.6) is 0 Å². The van der Waals surface area contributed by atoms with Crippen LogP contribution in [-0.2, 0) is 14.8 Å². The van der Waals surface area contributed by atoms with Crippen molar-refractivity contribution >= 4 is 27.5 Å². The first-order chi connectivity index (χ1) is 11.2. The van der Waals surface area contributed by atoms with E-state index >= 15 is 0 Å². The summed E-state index contributed by atoms with van der Waals surface area (Å²) >= 11 is 0. The maximum Gasteiger partial charge on any atom is 0.342 e. The second-order valence-corrected chi connectivity index (χ2v) is 7.00. The standard InChI is InChI=1S/C16H17NO6S/c1-10-14(8-9-22-10)16(19)23-11(2)15(18)12-4-6-13(7-5-12)17-24(3,20)21/h4-9,11,17H,1-3H3/t11-/m1/s1. The van der Waals surface area contributed by atoms with Crippen molar-refractivity contribution in [2.45, 2.75) is 20.0 Å². The minimum Gasteiger partial charge on any atom is -0.469 e. The van der Waals surface area contributed by atoms with Gasteiger partial charge in [0.2, 0.25) is 15.8 Å².